The van der Waals surface area contributed by atoms with Crippen LogP contribution in [0.15, 0.2) is 24.3 Å². The van der Waals surface area contributed by atoms with Gasteiger partial charge in [-0.05, 0) is 24.7 Å². The first-order valence-corrected chi connectivity index (χ1v) is 6.99. The van der Waals surface area contributed by atoms with Crippen LogP contribution < -0.4 is 5.32 Å². The Kier molecular flexibility index (Phi) is 4.74. The number of benzene rings is 1. The average Bonchev–Trinajstić information content (AvgIpc) is 2.46. The van der Waals surface area contributed by atoms with E-state index in [0.717, 1.165) is 32.7 Å². The normalized spacial score (nSPS) is 16.0. The number of carbonyl (C=O) groups excluding carboxylic acids is 2. The molecular weight excluding hydrogens is 254 g/mol. The molecule has 2 amide bonds. The Morgan fingerprint density at radius 2 is 1.90 bits per heavy atom. The van der Waals surface area contributed by atoms with Crippen LogP contribution in [0.5, 0.6) is 0 Å². The Morgan fingerprint density at radius 1 is 1.20 bits per heavy atom. The standard InChI is InChI=1S/C15H21N3O2/c1-3-17-7-9-18(10-8-17)15(20)13-5-4-6-14(11-13)16-12(2)19/h4-6,11H,3,7-10H2,1-2H3,(H,16,19). The van der Waals surface area contributed by atoms with Crippen LogP contribution in [0.1, 0.15) is 24.2 Å². The molecule has 0 aromatic heterocycles. The lowest BCUT2D eigenvalue weighted by molar-refractivity contribution is -0.114. The Hall–Kier alpha value is -1.88. The third-order valence-electron chi connectivity index (χ3n) is 3.54. The summed E-state index contributed by atoms with van der Waals surface area (Å²) < 4.78 is 0. The molecule has 0 spiro atoms. The quantitative estimate of drug-likeness (QED) is 0.907. The average molecular weight is 275 g/mol. The number of amides is 2. The Labute approximate surface area is 119 Å². The van der Waals surface area contributed by atoms with Gasteiger partial charge in [0, 0.05) is 44.4 Å². The van der Waals surface area contributed by atoms with Gasteiger partial charge in [-0.3, -0.25) is 9.59 Å². The number of carbonyl (C=O) groups is 2. The van der Waals surface area contributed by atoms with Crippen LogP contribution in [-0.2, 0) is 4.79 Å². The van der Waals surface area contributed by atoms with Gasteiger partial charge >= 0.3 is 0 Å². The second-order valence-corrected chi connectivity index (χ2v) is 4.99. The lowest BCUT2D eigenvalue weighted by atomic mass is 10.1. The van der Waals surface area contributed by atoms with Gasteiger partial charge in [0.05, 0.1) is 0 Å². The van der Waals surface area contributed by atoms with Gasteiger partial charge in [-0.1, -0.05) is 13.0 Å². The largest absolute Gasteiger partial charge is 0.336 e. The molecule has 1 N–H and O–H groups in total. The zero-order chi connectivity index (χ0) is 14.5. The number of rotatable bonds is 3. The van der Waals surface area contributed by atoms with Crippen molar-refractivity contribution < 1.29 is 9.59 Å². The van der Waals surface area contributed by atoms with E-state index in [9.17, 15) is 9.59 Å². The van der Waals surface area contributed by atoms with Crippen molar-refractivity contribution in [3.05, 3.63) is 29.8 Å². The van der Waals surface area contributed by atoms with Gasteiger partial charge in [0.2, 0.25) is 5.91 Å². The summed E-state index contributed by atoms with van der Waals surface area (Å²) in [6.45, 7) is 7.99. The van der Waals surface area contributed by atoms with E-state index in [2.05, 4.69) is 17.1 Å². The lowest BCUT2D eigenvalue weighted by Crippen LogP contribution is -2.48. The molecule has 0 atom stereocenters. The summed E-state index contributed by atoms with van der Waals surface area (Å²) in [5.41, 5.74) is 1.29. The maximum Gasteiger partial charge on any atom is 0.254 e. The molecule has 1 aromatic carbocycles. The molecule has 1 aromatic rings. The zero-order valence-corrected chi connectivity index (χ0v) is 12.1. The van der Waals surface area contributed by atoms with Gasteiger partial charge in [0.15, 0.2) is 0 Å². The summed E-state index contributed by atoms with van der Waals surface area (Å²) >= 11 is 0. The summed E-state index contributed by atoms with van der Waals surface area (Å²) in [7, 11) is 0. The van der Waals surface area contributed by atoms with Gasteiger partial charge in [-0.2, -0.15) is 0 Å². The third kappa shape index (κ3) is 3.57. The highest BCUT2D eigenvalue weighted by molar-refractivity contribution is 5.96. The van der Waals surface area contributed by atoms with Crippen molar-refractivity contribution in [2.75, 3.05) is 38.0 Å². The van der Waals surface area contributed by atoms with E-state index in [1.807, 2.05) is 4.90 Å². The van der Waals surface area contributed by atoms with E-state index in [0.29, 0.717) is 11.3 Å². The van der Waals surface area contributed by atoms with Crippen LogP contribution in [0, 0.1) is 0 Å². The molecule has 1 aliphatic heterocycles. The predicted molar refractivity (Wildman–Crippen MR) is 78.8 cm³/mol. The first kappa shape index (κ1) is 14.5. The van der Waals surface area contributed by atoms with E-state index in [1.54, 1.807) is 24.3 Å². The van der Waals surface area contributed by atoms with E-state index in [4.69, 9.17) is 0 Å². The van der Waals surface area contributed by atoms with E-state index in [1.165, 1.54) is 6.92 Å². The second kappa shape index (κ2) is 6.52. The summed E-state index contributed by atoms with van der Waals surface area (Å²) in [6, 6.07) is 7.10. The van der Waals surface area contributed by atoms with Gasteiger partial charge in [-0.25, -0.2) is 0 Å². The van der Waals surface area contributed by atoms with Crippen molar-refractivity contribution in [3.8, 4) is 0 Å². The molecule has 0 unspecified atom stereocenters. The monoisotopic (exact) mass is 275 g/mol. The van der Waals surface area contributed by atoms with Crippen molar-refractivity contribution in [1.29, 1.82) is 0 Å². The Bertz CT molecular complexity index is 494. The van der Waals surface area contributed by atoms with Gasteiger partial charge in [0.1, 0.15) is 0 Å². The second-order valence-electron chi connectivity index (χ2n) is 4.99. The Morgan fingerprint density at radius 3 is 2.50 bits per heavy atom. The van der Waals surface area contributed by atoms with Crippen molar-refractivity contribution in [1.82, 2.24) is 9.80 Å². The topological polar surface area (TPSA) is 52.6 Å². The van der Waals surface area contributed by atoms with E-state index in [-0.39, 0.29) is 11.8 Å². The molecule has 1 fully saturated rings. The number of hydrogen-bond donors (Lipinski definition) is 1. The minimum absolute atomic E-state index is 0.0351. The van der Waals surface area contributed by atoms with Crippen molar-refractivity contribution in [2.24, 2.45) is 0 Å². The number of piperazine rings is 1. The number of nitrogens with zero attached hydrogens (tertiary/aromatic N) is 2. The smallest absolute Gasteiger partial charge is 0.254 e. The molecule has 5 heteroatoms. The van der Waals surface area contributed by atoms with Crippen molar-refractivity contribution in [2.45, 2.75) is 13.8 Å². The predicted octanol–water partition coefficient (Wildman–Crippen LogP) is 1.42. The minimum Gasteiger partial charge on any atom is -0.336 e. The molecule has 1 aliphatic rings. The van der Waals surface area contributed by atoms with Crippen LogP contribution in [0.25, 0.3) is 0 Å². The molecule has 0 bridgehead atoms. The summed E-state index contributed by atoms with van der Waals surface area (Å²) in [5.74, 6) is -0.0980. The van der Waals surface area contributed by atoms with E-state index < -0.39 is 0 Å². The highest BCUT2D eigenvalue weighted by atomic mass is 16.2. The molecule has 2 rings (SSSR count). The number of nitrogens with one attached hydrogen (secondary N) is 1. The zero-order valence-electron chi connectivity index (χ0n) is 12.1. The van der Waals surface area contributed by atoms with Crippen LogP contribution in [0.2, 0.25) is 0 Å². The fourth-order valence-electron chi connectivity index (χ4n) is 2.38. The first-order valence-electron chi connectivity index (χ1n) is 6.99. The van der Waals surface area contributed by atoms with Crippen LogP contribution in [0.4, 0.5) is 5.69 Å². The summed E-state index contributed by atoms with van der Waals surface area (Å²) in [5, 5.41) is 2.70. The molecular formula is C15H21N3O2. The molecule has 5 nitrogen and oxygen atoms in total. The maximum atomic E-state index is 12.4. The molecule has 1 saturated heterocycles. The van der Waals surface area contributed by atoms with Crippen molar-refractivity contribution in [3.63, 3.8) is 0 Å². The third-order valence-corrected chi connectivity index (χ3v) is 3.54. The minimum atomic E-state index is -0.133. The molecule has 108 valence electrons. The first-order chi connectivity index (χ1) is 9.60. The van der Waals surface area contributed by atoms with Crippen LogP contribution >= 0.6 is 0 Å². The van der Waals surface area contributed by atoms with Gasteiger partial charge in [-0.15, -0.1) is 0 Å². The van der Waals surface area contributed by atoms with Crippen molar-refractivity contribution >= 4 is 17.5 Å². The SMILES string of the molecule is CCN1CCN(C(=O)c2cccc(NC(C)=O)c2)CC1. The van der Waals surface area contributed by atoms with Crippen LogP contribution in [0.3, 0.4) is 0 Å². The Balaban J connectivity index is 2.04. The fraction of sp³-hybridized carbons (Fsp3) is 0.467. The summed E-state index contributed by atoms with van der Waals surface area (Å²) in [6.07, 6.45) is 0. The molecule has 0 aliphatic carbocycles. The molecule has 20 heavy (non-hydrogen) atoms. The molecule has 0 saturated carbocycles. The maximum absolute atomic E-state index is 12.4. The van der Waals surface area contributed by atoms with E-state index >= 15 is 0 Å². The molecule has 0 radical (unpaired) electrons. The number of hydrogen-bond acceptors (Lipinski definition) is 3. The van der Waals surface area contributed by atoms with Gasteiger partial charge in [0.25, 0.3) is 5.91 Å². The number of anilines is 1. The lowest BCUT2D eigenvalue weighted by Gasteiger charge is -2.34. The highest BCUT2D eigenvalue weighted by Crippen LogP contribution is 2.14. The van der Waals surface area contributed by atoms with Gasteiger partial charge < -0.3 is 15.1 Å². The fourth-order valence-corrected chi connectivity index (χ4v) is 2.38. The molecule has 1 heterocycles. The highest BCUT2D eigenvalue weighted by Gasteiger charge is 2.21. The van der Waals surface area contributed by atoms with Crippen LogP contribution in [-0.4, -0.2) is 54.3 Å². The summed E-state index contributed by atoms with van der Waals surface area (Å²) in [4.78, 5) is 27.7. The number of likely N-dealkylation sites (N-methyl/N-ethyl adjacent to an activating group) is 1.